The smallest absolute Gasteiger partial charge is 0.133 e. The van der Waals surface area contributed by atoms with Crippen LogP contribution in [0.4, 0.5) is 0 Å². The van der Waals surface area contributed by atoms with Crippen LogP contribution in [0.5, 0.6) is 0 Å². The summed E-state index contributed by atoms with van der Waals surface area (Å²) in [5, 5.41) is 0. The van der Waals surface area contributed by atoms with Gasteiger partial charge in [0.2, 0.25) is 0 Å². The van der Waals surface area contributed by atoms with E-state index in [1.54, 1.807) is 5.70 Å². The van der Waals surface area contributed by atoms with Crippen LogP contribution in [0.3, 0.4) is 0 Å². The van der Waals surface area contributed by atoms with E-state index in [0.717, 1.165) is 36.5 Å². The summed E-state index contributed by atoms with van der Waals surface area (Å²) in [5.41, 5.74) is 2.57. The molecule has 0 aromatic carbocycles. The molecule has 0 aromatic heterocycles. The first kappa shape index (κ1) is 18.3. The predicted octanol–water partition coefficient (Wildman–Crippen LogP) is 5.82. The summed E-state index contributed by atoms with van der Waals surface area (Å²) in [6.45, 7) is 10.3. The van der Waals surface area contributed by atoms with Gasteiger partial charge in [-0.2, -0.15) is 0 Å². The molecule has 2 heteroatoms. The average Bonchev–Trinajstić information content (AvgIpc) is 3.01. The van der Waals surface area contributed by atoms with Crippen molar-refractivity contribution in [3.05, 3.63) is 11.8 Å². The monoisotopic (exact) mass is 369 g/mol. The highest BCUT2D eigenvalue weighted by Gasteiger charge is 2.60. The summed E-state index contributed by atoms with van der Waals surface area (Å²) in [7, 11) is 0. The van der Waals surface area contributed by atoms with Crippen LogP contribution in [0.2, 0.25) is 0 Å². The highest BCUT2D eigenvalue weighted by atomic mass is 16.1. The summed E-state index contributed by atoms with van der Waals surface area (Å²) in [6.07, 6.45) is 15.1. The number of hydrogen-bond acceptors (Lipinski definition) is 2. The summed E-state index contributed by atoms with van der Waals surface area (Å²) < 4.78 is 0. The number of allylic oxidation sites excluding steroid dienone is 2. The van der Waals surface area contributed by atoms with Gasteiger partial charge in [-0.25, -0.2) is 0 Å². The average molecular weight is 370 g/mol. The standard InChI is InChI=1S/C25H39NO/c1-17-15-18-16-19(27)9-11-24(18,2)21-10-12-25(3)20(23(17)21)7-8-22(25)26-13-5-4-6-14-26/h8,17-18,20-21,23H,4-7,9-16H2,1-3H3/t17-,18?,20-,21-,23-,24-,25-/m0/s1. The second-order valence-electron chi connectivity index (χ2n) is 11.3. The molecule has 1 unspecified atom stereocenters. The Morgan fingerprint density at radius 3 is 2.63 bits per heavy atom. The zero-order valence-electron chi connectivity index (χ0n) is 17.8. The van der Waals surface area contributed by atoms with Gasteiger partial charge in [0, 0.05) is 37.0 Å². The van der Waals surface area contributed by atoms with Gasteiger partial charge in [-0.1, -0.05) is 26.8 Å². The molecule has 4 aliphatic carbocycles. The number of nitrogens with zero attached hydrogens (tertiary/aromatic N) is 1. The molecule has 0 N–H and O–H groups in total. The minimum Gasteiger partial charge on any atom is -0.375 e. The molecule has 27 heavy (non-hydrogen) atoms. The number of ketones is 1. The first-order chi connectivity index (χ1) is 12.9. The van der Waals surface area contributed by atoms with E-state index in [1.165, 1.54) is 64.5 Å². The van der Waals surface area contributed by atoms with E-state index < -0.39 is 0 Å². The van der Waals surface area contributed by atoms with Crippen LogP contribution in [0.15, 0.2) is 11.8 Å². The lowest BCUT2D eigenvalue weighted by molar-refractivity contribution is -0.146. The fourth-order valence-corrected chi connectivity index (χ4v) is 8.60. The quantitative estimate of drug-likeness (QED) is 0.580. The van der Waals surface area contributed by atoms with Crippen LogP contribution < -0.4 is 0 Å². The molecule has 0 aromatic rings. The highest BCUT2D eigenvalue weighted by molar-refractivity contribution is 5.79. The Hall–Kier alpha value is -0.790. The van der Waals surface area contributed by atoms with Crippen molar-refractivity contribution in [2.24, 2.45) is 40.4 Å². The van der Waals surface area contributed by atoms with Gasteiger partial charge >= 0.3 is 0 Å². The Labute approximate surface area is 166 Å². The van der Waals surface area contributed by atoms with Crippen molar-refractivity contribution in [2.45, 2.75) is 85.0 Å². The number of piperidine rings is 1. The second-order valence-corrected chi connectivity index (χ2v) is 11.3. The lowest BCUT2D eigenvalue weighted by Crippen LogP contribution is -2.56. The maximum atomic E-state index is 12.2. The van der Waals surface area contributed by atoms with Crippen molar-refractivity contribution < 1.29 is 4.79 Å². The lowest BCUT2D eigenvalue weighted by atomic mass is 9.43. The molecule has 2 nitrogen and oxygen atoms in total. The molecule has 7 atom stereocenters. The van der Waals surface area contributed by atoms with Crippen molar-refractivity contribution in [3.63, 3.8) is 0 Å². The Morgan fingerprint density at radius 2 is 1.85 bits per heavy atom. The Bertz CT molecular complexity index is 647. The lowest BCUT2D eigenvalue weighted by Gasteiger charge is -2.62. The van der Waals surface area contributed by atoms with E-state index in [2.05, 4.69) is 31.7 Å². The number of likely N-dealkylation sites (tertiary alicyclic amines) is 1. The van der Waals surface area contributed by atoms with Crippen LogP contribution in [0.25, 0.3) is 0 Å². The molecule has 1 saturated heterocycles. The Kier molecular flexibility index (Phi) is 4.30. The Morgan fingerprint density at radius 1 is 1.07 bits per heavy atom. The van der Waals surface area contributed by atoms with Gasteiger partial charge in [0.25, 0.3) is 0 Å². The molecular weight excluding hydrogens is 330 g/mol. The maximum absolute atomic E-state index is 12.2. The fourth-order valence-electron chi connectivity index (χ4n) is 8.60. The predicted molar refractivity (Wildman–Crippen MR) is 110 cm³/mol. The van der Waals surface area contributed by atoms with Gasteiger partial charge in [0.15, 0.2) is 0 Å². The zero-order chi connectivity index (χ0) is 18.8. The summed E-state index contributed by atoms with van der Waals surface area (Å²) >= 11 is 0. The van der Waals surface area contributed by atoms with Gasteiger partial charge in [0.05, 0.1) is 0 Å². The largest absolute Gasteiger partial charge is 0.375 e. The summed E-state index contributed by atoms with van der Waals surface area (Å²) in [6, 6.07) is 0. The van der Waals surface area contributed by atoms with Gasteiger partial charge in [-0.05, 0) is 86.4 Å². The van der Waals surface area contributed by atoms with Crippen LogP contribution in [-0.2, 0) is 4.79 Å². The number of rotatable bonds is 1. The van der Waals surface area contributed by atoms with Crippen molar-refractivity contribution in [1.82, 2.24) is 4.90 Å². The first-order valence-corrected chi connectivity index (χ1v) is 11.9. The number of hydrogen-bond donors (Lipinski definition) is 0. The van der Waals surface area contributed by atoms with E-state index in [1.807, 2.05) is 0 Å². The highest BCUT2D eigenvalue weighted by Crippen LogP contribution is 2.67. The molecule has 1 aliphatic heterocycles. The molecule has 150 valence electrons. The number of carbonyl (C=O) groups excluding carboxylic acids is 1. The Balaban J connectivity index is 1.43. The molecular formula is C25H39NO. The SMILES string of the molecule is C[C@H]1CC2CC(=O)CC[C@]2(C)[C@H]2CC[C@]3(C)C(N4CCCCC4)=CC[C@H]3[C@H]12. The van der Waals surface area contributed by atoms with Crippen molar-refractivity contribution in [2.75, 3.05) is 13.1 Å². The maximum Gasteiger partial charge on any atom is 0.133 e. The molecule has 1 heterocycles. The van der Waals surface area contributed by atoms with Crippen molar-refractivity contribution in [3.8, 4) is 0 Å². The summed E-state index contributed by atoms with van der Waals surface area (Å²) in [4.78, 5) is 14.9. The van der Waals surface area contributed by atoms with Crippen molar-refractivity contribution >= 4 is 5.78 Å². The molecule has 5 aliphatic rings. The van der Waals surface area contributed by atoms with Gasteiger partial charge < -0.3 is 4.90 Å². The third-order valence-corrected chi connectivity index (χ3v) is 10.1. The van der Waals surface area contributed by atoms with Gasteiger partial charge in [0.1, 0.15) is 5.78 Å². The first-order valence-electron chi connectivity index (χ1n) is 11.9. The van der Waals surface area contributed by atoms with E-state index in [9.17, 15) is 4.79 Å². The van der Waals surface area contributed by atoms with Crippen molar-refractivity contribution in [1.29, 1.82) is 0 Å². The third kappa shape index (κ3) is 2.60. The van der Waals surface area contributed by atoms with E-state index in [-0.39, 0.29) is 0 Å². The second kappa shape index (κ2) is 6.36. The minimum absolute atomic E-state index is 0.417. The molecule has 4 fully saturated rings. The molecule has 3 saturated carbocycles. The molecule has 0 bridgehead atoms. The fraction of sp³-hybridized carbons (Fsp3) is 0.880. The molecule has 5 rings (SSSR count). The zero-order valence-corrected chi connectivity index (χ0v) is 17.8. The normalized spacial score (nSPS) is 49.9. The van der Waals surface area contributed by atoms with E-state index in [0.29, 0.717) is 22.5 Å². The number of carbonyl (C=O) groups is 1. The van der Waals surface area contributed by atoms with Crippen LogP contribution in [0.1, 0.15) is 85.0 Å². The molecule has 0 amide bonds. The van der Waals surface area contributed by atoms with Crippen LogP contribution in [0, 0.1) is 40.4 Å². The van der Waals surface area contributed by atoms with Crippen LogP contribution in [-0.4, -0.2) is 23.8 Å². The van der Waals surface area contributed by atoms with Gasteiger partial charge in [-0.3, -0.25) is 4.79 Å². The van der Waals surface area contributed by atoms with E-state index >= 15 is 0 Å². The van der Waals surface area contributed by atoms with Crippen LogP contribution >= 0.6 is 0 Å². The molecule has 0 spiro atoms. The van der Waals surface area contributed by atoms with E-state index in [4.69, 9.17) is 0 Å². The molecule has 0 radical (unpaired) electrons. The summed E-state index contributed by atoms with van der Waals surface area (Å²) in [5.74, 6) is 4.56. The number of fused-ring (bicyclic) bond motifs is 5. The third-order valence-electron chi connectivity index (χ3n) is 10.1. The number of Topliss-reactive ketones (excluding diaryl/α,β-unsaturated/α-hetero) is 1. The van der Waals surface area contributed by atoms with Gasteiger partial charge in [-0.15, -0.1) is 0 Å². The topological polar surface area (TPSA) is 20.3 Å². The minimum atomic E-state index is 0.417.